The molecule has 0 aliphatic carbocycles. The molecule has 1 aromatic heterocycles. The van der Waals surface area contributed by atoms with Crippen molar-refractivity contribution in [3.8, 4) is 0 Å². The molecule has 3 aromatic rings. The third-order valence-electron chi connectivity index (χ3n) is 4.87. The standard InChI is InChI=1S/C22H21N3O3/c1-3-19-23-14(2)21(28-19)22(27)25-13-18(26)24-17-12-8-7-11-16(17)20(25)15-9-5-4-6-10-15/h4-12,20H,3,13H2,1-2H3,(H,24,26). The molecule has 1 aliphatic heterocycles. The van der Waals surface area contributed by atoms with Gasteiger partial charge in [0.2, 0.25) is 11.7 Å². The van der Waals surface area contributed by atoms with Crippen molar-refractivity contribution in [2.45, 2.75) is 26.3 Å². The van der Waals surface area contributed by atoms with Crippen molar-refractivity contribution in [2.75, 3.05) is 11.9 Å². The Morgan fingerprint density at radius 1 is 1.18 bits per heavy atom. The lowest BCUT2D eigenvalue weighted by Crippen LogP contribution is -2.39. The summed E-state index contributed by atoms with van der Waals surface area (Å²) in [6.45, 7) is 3.59. The Bertz CT molecular complexity index is 1030. The summed E-state index contributed by atoms with van der Waals surface area (Å²) in [5, 5.41) is 2.91. The highest BCUT2D eigenvalue weighted by molar-refractivity contribution is 6.00. The van der Waals surface area contributed by atoms with Gasteiger partial charge in [-0.3, -0.25) is 9.59 Å². The van der Waals surface area contributed by atoms with Gasteiger partial charge >= 0.3 is 0 Å². The quantitative estimate of drug-likeness (QED) is 0.757. The number of nitrogens with zero attached hydrogens (tertiary/aromatic N) is 2. The number of nitrogens with one attached hydrogen (secondary N) is 1. The van der Waals surface area contributed by atoms with E-state index in [1.165, 1.54) is 0 Å². The van der Waals surface area contributed by atoms with E-state index < -0.39 is 6.04 Å². The second-order valence-corrected chi connectivity index (χ2v) is 6.76. The van der Waals surface area contributed by atoms with Crippen LogP contribution in [0.5, 0.6) is 0 Å². The van der Waals surface area contributed by atoms with Crippen molar-refractivity contribution in [1.29, 1.82) is 0 Å². The Labute approximate surface area is 163 Å². The fourth-order valence-electron chi connectivity index (χ4n) is 3.57. The van der Waals surface area contributed by atoms with E-state index in [-0.39, 0.29) is 24.1 Å². The zero-order valence-electron chi connectivity index (χ0n) is 15.8. The summed E-state index contributed by atoms with van der Waals surface area (Å²) in [5.41, 5.74) is 3.03. The average molecular weight is 375 g/mol. The summed E-state index contributed by atoms with van der Waals surface area (Å²) < 4.78 is 5.69. The zero-order valence-corrected chi connectivity index (χ0v) is 15.8. The van der Waals surface area contributed by atoms with Crippen LogP contribution in [0.15, 0.2) is 59.0 Å². The molecule has 1 unspecified atom stereocenters. The maximum atomic E-state index is 13.5. The third kappa shape index (κ3) is 3.17. The molecule has 0 saturated carbocycles. The Morgan fingerprint density at radius 2 is 1.89 bits per heavy atom. The van der Waals surface area contributed by atoms with Gasteiger partial charge in [-0.05, 0) is 18.6 Å². The van der Waals surface area contributed by atoms with Crippen LogP contribution < -0.4 is 5.32 Å². The molecule has 1 atom stereocenters. The van der Waals surface area contributed by atoms with E-state index in [2.05, 4.69) is 10.3 Å². The Balaban J connectivity index is 1.86. The summed E-state index contributed by atoms with van der Waals surface area (Å²) in [6, 6.07) is 16.8. The van der Waals surface area contributed by atoms with Crippen LogP contribution in [-0.4, -0.2) is 28.2 Å². The lowest BCUT2D eigenvalue weighted by atomic mass is 9.95. The highest BCUT2D eigenvalue weighted by atomic mass is 16.4. The molecule has 2 heterocycles. The molecule has 0 saturated heterocycles. The molecule has 2 amide bonds. The normalized spacial score (nSPS) is 16.3. The fraction of sp³-hybridized carbons (Fsp3) is 0.227. The molecule has 0 fully saturated rings. The number of benzene rings is 2. The molecule has 2 aromatic carbocycles. The van der Waals surface area contributed by atoms with Gasteiger partial charge in [-0.1, -0.05) is 55.5 Å². The summed E-state index contributed by atoms with van der Waals surface area (Å²) in [5.74, 6) is 0.110. The van der Waals surface area contributed by atoms with E-state index in [0.29, 0.717) is 23.7 Å². The highest BCUT2D eigenvalue weighted by Gasteiger charge is 2.35. The minimum Gasteiger partial charge on any atom is -0.435 e. The van der Waals surface area contributed by atoms with E-state index in [0.717, 1.165) is 11.1 Å². The van der Waals surface area contributed by atoms with E-state index in [1.54, 1.807) is 11.8 Å². The van der Waals surface area contributed by atoms with Gasteiger partial charge < -0.3 is 14.6 Å². The third-order valence-corrected chi connectivity index (χ3v) is 4.87. The molecule has 1 N–H and O–H groups in total. The molecule has 0 spiro atoms. The molecule has 4 rings (SSSR count). The van der Waals surface area contributed by atoms with Gasteiger partial charge in [-0.25, -0.2) is 4.98 Å². The fourth-order valence-corrected chi connectivity index (χ4v) is 3.57. The molecule has 1 aliphatic rings. The number of hydrogen-bond donors (Lipinski definition) is 1. The molecule has 0 bridgehead atoms. The predicted molar refractivity (Wildman–Crippen MR) is 105 cm³/mol. The monoisotopic (exact) mass is 375 g/mol. The van der Waals surface area contributed by atoms with Crippen LogP contribution in [0.4, 0.5) is 5.69 Å². The molecular formula is C22H21N3O3. The van der Waals surface area contributed by atoms with Gasteiger partial charge in [0, 0.05) is 17.7 Å². The van der Waals surface area contributed by atoms with E-state index >= 15 is 0 Å². The molecule has 6 nitrogen and oxygen atoms in total. The molecular weight excluding hydrogens is 354 g/mol. The summed E-state index contributed by atoms with van der Waals surface area (Å²) in [4.78, 5) is 31.9. The Kier molecular flexibility index (Phi) is 4.69. The first-order valence-electron chi connectivity index (χ1n) is 9.29. The zero-order chi connectivity index (χ0) is 19.7. The number of para-hydroxylation sites is 1. The van der Waals surface area contributed by atoms with E-state index in [9.17, 15) is 9.59 Å². The van der Waals surface area contributed by atoms with Crippen LogP contribution in [0.2, 0.25) is 0 Å². The number of aryl methyl sites for hydroxylation is 2. The minimum absolute atomic E-state index is 0.0747. The van der Waals surface area contributed by atoms with Crippen molar-refractivity contribution in [2.24, 2.45) is 0 Å². The second kappa shape index (κ2) is 7.31. The maximum absolute atomic E-state index is 13.5. The van der Waals surface area contributed by atoms with Crippen LogP contribution in [0.1, 0.15) is 46.2 Å². The number of aromatic nitrogens is 1. The lowest BCUT2D eigenvalue weighted by Gasteiger charge is -2.30. The smallest absolute Gasteiger partial charge is 0.292 e. The Hall–Kier alpha value is -3.41. The summed E-state index contributed by atoms with van der Waals surface area (Å²) >= 11 is 0. The molecule has 0 radical (unpaired) electrons. The van der Waals surface area contributed by atoms with Crippen molar-refractivity contribution in [1.82, 2.24) is 9.88 Å². The highest BCUT2D eigenvalue weighted by Crippen LogP contribution is 2.36. The summed E-state index contributed by atoms with van der Waals surface area (Å²) in [7, 11) is 0. The number of fused-ring (bicyclic) bond motifs is 1. The van der Waals surface area contributed by atoms with Crippen molar-refractivity contribution >= 4 is 17.5 Å². The number of amides is 2. The predicted octanol–water partition coefficient (Wildman–Crippen LogP) is 3.73. The van der Waals surface area contributed by atoms with Crippen molar-refractivity contribution in [3.63, 3.8) is 0 Å². The second-order valence-electron chi connectivity index (χ2n) is 6.76. The van der Waals surface area contributed by atoms with Crippen LogP contribution in [0.25, 0.3) is 0 Å². The maximum Gasteiger partial charge on any atom is 0.292 e. The van der Waals surface area contributed by atoms with Gasteiger partial charge in [0.1, 0.15) is 6.54 Å². The van der Waals surface area contributed by atoms with Gasteiger partial charge in [-0.15, -0.1) is 0 Å². The van der Waals surface area contributed by atoms with Crippen molar-refractivity contribution in [3.05, 3.63) is 83.1 Å². The number of hydrogen-bond acceptors (Lipinski definition) is 4. The number of oxazole rings is 1. The molecule has 28 heavy (non-hydrogen) atoms. The first-order chi connectivity index (χ1) is 13.6. The minimum atomic E-state index is -0.418. The number of rotatable bonds is 3. The average Bonchev–Trinajstić information content (AvgIpc) is 3.02. The number of anilines is 1. The number of carbonyl (C=O) groups is 2. The van der Waals surface area contributed by atoms with Crippen LogP contribution in [0.3, 0.4) is 0 Å². The van der Waals surface area contributed by atoms with Gasteiger partial charge in [0.15, 0.2) is 5.89 Å². The van der Waals surface area contributed by atoms with Gasteiger partial charge in [-0.2, -0.15) is 0 Å². The topological polar surface area (TPSA) is 75.4 Å². The van der Waals surface area contributed by atoms with Crippen LogP contribution >= 0.6 is 0 Å². The molecule has 6 heteroatoms. The van der Waals surface area contributed by atoms with Gasteiger partial charge in [0.25, 0.3) is 5.91 Å². The lowest BCUT2D eigenvalue weighted by molar-refractivity contribution is -0.117. The largest absolute Gasteiger partial charge is 0.435 e. The molecule has 142 valence electrons. The van der Waals surface area contributed by atoms with Crippen LogP contribution in [0, 0.1) is 6.92 Å². The first-order valence-corrected chi connectivity index (χ1v) is 9.29. The van der Waals surface area contributed by atoms with Crippen LogP contribution in [-0.2, 0) is 11.2 Å². The van der Waals surface area contributed by atoms with Crippen molar-refractivity contribution < 1.29 is 14.0 Å². The number of carbonyl (C=O) groups excluding carboxylic acids is 2. The SMILES string of the molecule is CCc1nc(C)c(C(=O)N2CC(=O)Nc3ccccc3C2c2ccccc2)o1. The van der Waals surface area contributed by atoms with E-state index in [4.69, 9.17) is 4.42 Å². The van der Waals surface area contributed by atoms with E-state index in [1.807, 2.05) is 61.5 Å². The Morgan fingerprint density at radius 3 is 2.61 bits per heavy atom. The first kappa shape index (κ1) is 18.0. The summed E-state index contributed by atoms with van der Waals surface area (Å²) in [6.07, 6.45) is 0.597. The van der Waals surface area contributed by atoms with Gasteiger partial charge in [0.05, 0.1) is 11.7 Å².